The van der Waals surface area contributed by atoms with E-state index in [1.807, 2.05) is 30.3 Å². The number of hydrogen-bond acceptors (Lipinski definition) is 3. The van der Waals surface area contributed by atoms with E-state index in [1.165, 1.54) is 12.1 Å². The van der Waals surface area contributed by atoms with E-state index in [4.69, 9.17) is 4.74 Å². The van der Waals surface area contributed by atoms with Gasteiger partial charge in [0, 0.05) is 5.56 Å². The van der Waals surface area contributed by atoms with Gasteiger partial charge >= 0.3 is 5.97 Å². The second-order valence-electron chi connectivity index (χ2n) is 5.29. The van der Waals surface area contributed by atoms with Crippen LogP contribution in [0, 0.1) is 5.82 Å². The van der Waals surface area contributed by atoms with Crippen LogP contribution in [-0.4, -0.2) is 22.4 Å². The van der Waals surface area contributed by atoms with E-state index in [0.29, 0.717) is 24.5 Å². The number of nitrogens with zero attached hydrogens (tertiary/aromatic N) is 2. The predicted molar refractivity (Wildman–Crippen MR) is 89.1 cm³/mol. The van der Waals surface area contributed by atoms with Crippen molar-refractivity contribution in [3.8, 4) is 11.3 Å². The van der Waals surface area contributed by atoms with Crippen molar-refractivity contribution < 1.29 is 13.9 Å². The second kappa shape index (κ2) is 7.08. The molecule has 0 fully saturated rings. The molecule has 0 bridgehead atoms. The van der Waals surface area contributed by atoms with Crippen LogP contribution in [0.25, 0.3) is 11.3 Å². The Kier molecular flexibility index (Phi) is 4.70. The molecule has 0 radical (unpaired) electrons. The van der Waals surface area contributed by atoms with E-state index < -0.39 is 5.97 Å². The topological polar surface area (TPSA) is 44.1 Å². The van der Waals surface area contributed by atoms with E-state index in [1.54, 1.807) is 29.8 Å². The fourth-order valence-corrected chi connectivity index (χ4v) is 2.42. The number of halogens is 1. The van der Waals surface area contributed by atoms with E-state index in [-0.39, 0.29) is 5.82 Å². The largest absolute Gasteiger partial charge is 0.461 e. The van der Waals surface area contributed by atoms with Gasteiger partial charge in [0.15, 0.2) is 0 Å². The van der Waals surface area contributed by atoms with Gasteiger partial charge in [-0.2, -0.15) is 5.10 Å². The van der Waals surface area contributed by atoms with Crippen LogP contribution < -0.4 is 0 Å². The number of carbonyl (C=O) groups is 1. The first-order chi connectivity index (χ1) is 11.7. The SMILES string of the molecule is CCOC(=O)c1cc(-c2ccc(F)cc2)nn1Cc1ccccc1. The maximum atomic E-state index is 13.1. The molecule has 0 unspecified atom stereocenters. The van der Waals surface area contributed by atoms with Crippen LogP contribution in [0.3, 0.4) is 0 Å². The van der Waals surface area contributed by atoms with Crippen molar-refractivity contribution in [3.63, 3.8) is 0 Å². The molecule has 0 atom stereocenters. The van der Waals surface area contributed by atoms with E-state index in [2.05, 4.69) is 5.10 Å². The van der Waals surface area contributed by atoms with Crippen molar-refractivity contribution >= 4 is 5.97 Å². The molecule has 5 heteroatoms. The summed E-state index contributed by atoms with van der Waals surface area (Å²) in [7, 11) is 0. The minimum Gasteiger partial charge on any atom is -0.461 e. The molecule has 0 aliphatic carbocycles. The highest BCUT2D eigenvalue weighted by molar-refractivity contribution is 5.89. The third-order valence-corrected chi connectivity index (χ3v) is 3.58. The number of carbonyl (C=O) groups excluding carboxylic acids is 1. The molecule has 0 saturated heterocycles. The molecular formula is C19H17FN2O2. The fraction of sp³-hybridized carbons (Fsp3) is 0.158. The highest BCUT2D eigenvalue weighted by atomic mass is 19.1. The van der Waals surface area contributed by atoms with Crippen molar-refractivity contribution in [2.45, 2.75) is 13.5 Å². The summed E-state index contributed by atoms with van der Waals surface area (Å²) >= 11 is 0. The average Bonchev–Trinajstić information content (AvgIpc) is 3.00. The van der Waals surface area contributed by atoms with Crippen molar-refractivity contribution in [2.75, 3.05) is 6.61 Å². The Morgan fingerprint density at radius 2 is 1.83 bits per heavy atom. The number of hydrogen-bond donors (Lipinski definition) is 0. The number of benzene rings is 2. The van der Waals surface area contributed by atoms with Gasteiger partial charge in [-0.25, -0.2) is 9.18 Å². The smallest absolute Gasteiger partial charge is 0.356 e. The molecule has 3 aromatic rings. The number of rotatable bonds is 5. The molecule has 122 valence electrons. The summed E-state index contributed by atoms with van der Waals surface area (Å²) in [6, 6.07) is 17.4. The molecule has 0 saturated carbocycles. The van der Waals surface area contributed by atoms with Gasteiger partial charge in [-0.05, 0) is 42.8 Å². The zero-order chi connectivity index (χ0) is 16.9. The third kappa shape index (κ3) is 3.51. The molecule has 2 aromatic carbocycles. The Labute approximate surface area is 139 Å². The Morgan fingerprint density at radius 1 is 1.12 bits per heavy atom. The summed E-state index contributed by atoms with van der Waals surface area (Å²) in [6.45, 7) is 2.51. The van der Waals surface area contributed by atoms with Gasteiger partial charge in [0.2, 0.25) is 0 Å². The van der Waals surface area contributed by atoms with Crippen molar-refractivity contribution in [3.05, 3.63) is 77.7 Å². The minimum absolute atomic E-state index is 0.293. The van der Waals surface area contributed by atoms with Gasteiger partial charge in [-0.1, -0.05) is 30.3 Å². The standard InChI is InChI=1S/C19H17FN2O2/c1-2-24-19(23)18-12-17(15-8-10-16(20)11-9-15)21-22(18)13-14-6-4-3-5-7-14/h3-12H,2,13H2,1H3. The Morgan fingerprint density at radius 3 is 2.50 bits per heavy atom. The first-order valence-electron chi connectivity index (χ1n) is 7.72. The lowest BCUT2D eigenvalue weighted by atomic mass is 10.1. The molecule has 24 heavy (non-hydrogen) atoms. The molecule has 1 heterocycles. The normalized spacial score (nSPS) is 10.6. The van der Waals surface area contributed by atoms with Gasteiger partial charge < -0.3 is 4.74 Å². The number of ether oxygens (including phenoxy) is 1. The summed E-state index contributed by atoms with van der Waals surface area (Å²) in [5, 5.41) is 4.50. The van der Waals surface area contributed by atoms with Crippen LogP contribution in [-0.2, 0) is 11.3 Å². The zero-order valence-electron chi connectivity index (χ0n) is 13.3. The van der Waals surface area contributed by atoms with Crippen LogP contribution >= 0.6 is 0 Å². The predicted octanol–water partition coefficient (Wildman–Crippen LogP) is 3.91. The molecule has 0 spiro atoms. The lowest BCUT2D eigenvalue weighted by molar-refractivity contribution is 0.0512. The number of aromatic nitrogens is 2. The zero-order valence-corrected chi connectivity index (χ0v) is 13.3. The van der Waals surface area contributed by atoms with Gasteiger partial charge in [0.25, 0.3) is 0 Å². The van der Waals surface area contributed by atoms with Crippen molar-refractivity contribution in [1.82, 2.24) is 9.78 Å². The highest BCUT2D eigenvalue weighted by Crippen LogP contribution is 2.21. The Bertz CT molecular complexity index is 826. The van der Waals surface area contributed by atoms with Gasteiger partial charge in [-0.15, -0.1) is 0 Å². The lowest BCUT2D eigenvalue weighted by Crippen LogP contribution is -2.14. The molecule has 0 aliphatic rings. The molecule has 0 N–H and O–H groups in total. The van der Waals surface area contributed by atoms with Crippen LogP contribution in [0.2, 0.25) is 0 Å². The Balaban J connectivity index is 1.98. The van der Waals surface area contributed by atoms with E-state index in [9.17, 15) is 9.18 Å². The molecule has 1 aromatic heterocycles. The second-order valence-corrected chi connectivity index (χ2v) is 5.29. The summed E-state index contributed by atoms with van der Waals surface area (Å²) < 4.78 is 19.8. The van der Waals surface area contributed by atoms with Crippen LogP contribution in [0.4, 0.5) is 4.39 Å². The number of esters is 1. The van der Waals surface area contributed by atoms with E-state index in [0.717, 1.165) is 11.1 Å². The molecular weight excluding hydrogens is 307 g/mol. The Hall–Kier alpha value is -2.95. The minimum atomic E-state index is -0.422. The van der Waals surface area contributed by atoms with E-state index >= 15 is 0 Å². The highest BCUT2D eigenvalue weighted by Gasteiger charge is 2.17. The fourth-order valence-electron chi connectivity index (χ4n) is 2.42. The third-order valence-electron chi connectivity index (χ3n) is 3.58. The maximum Gasteiger partial charge on any atom is 0.356 e. The van der Waals surface area contributed by atoms with Gasteiger partial charge in [0.1, 0.15) is 11.5 Å². The van der Waals surface area contributed by atoms with Crippen LogP contribution in [0.15, 0.2) is 60.7 Å². The quantitative estimate of drug-likeness (QED) is 0.668. The van der Waals surface area contributed by atoms with Crippen LogP contribution in [0.1, 0.15) is 23.0 Å². The first-order valence-corrected chi connectivity index (χ1v) is 7.72. The van der Waals surface area contributed by atoms with Crippen molar-refractivity contribution in [2.24, 2.45) is 0 Å². The molecule has 0 amide bonds. The monoisotopic (exact) mass is 324 g/mol. The summed E-state index contributed by atoms with van der Waals surface area (Å²) in [5.74, 6) is -0.734. The first kappa shape index (κ1) is 15.9. The molecule has 3 rings (SSSR count). The summed E-state index contributed by atoms with van der Waals surface area (Å²) in [4.78, 5) is 12.2. The lowest BCUT2D eigenvalue weighted by Gasteiger charge is -2.06. The summed E-state index contributed by atoms with van der Waals surface area (Å²) in [5.41, 5.74) is 2.75. The summed E-state index contributed by atoms with van der Waals surface area (Å²) in [6.07, 6.45) is 0. The van der Waals surface area contributed by atoms with Crippen molar-refractivity contribution in [1.29, 1.82) is 0 Å². The maximum absolute atomic E-state index is 13.1. The van der Waals surface area contributed by atoms with Crippen LogP contribution in [0.5, 0.6) is 0 Å². The van der Waals surface area contributed by atoms with Gasteiger partial charge in [0.05, 0.1) is 18.8 Å². The average molecular weight is 324 g/mol. The molecule has 4 nitrogen and oxygen atoms in total. The van der Waals surface area contributed by atoms with Gasteiger partial charge in [-0.3, -0.25) is 4.68 Å². The molecule has 0 aliphatic heterocycles.